The van der Waals surface area contributed by atoms with E-state index in [4.69, 9.17) is 29.0 Å². The SMILES string of the molecule is Cc1ccc(Cl)c(NC(=NC(C)C)NN)c1Cl. The van der Waals surface area contributed by atoms with Gasteiger partial charge in [0.25, 0.3) is 0 Å². The number of anilines is 1. The number of hydrogen-bond acceptors (Lipinski definition) is 2. The van der Waals surface area contributed by atoms with Crippen LogP contribution in [0.2, 0.25) is 10.0 Å². The van der Waals surface area contributed by atoms with E-state index in [9.17, 15) is 0 Å². The number of nitrogens with zero attached hydrogens (tertiary/aromatic N) is 1. The third-order valence-corrected chi connectivity index (χ3v) is 2.85. The van der Waals surface area contributed by atoms with Gasteiger partial charge in [-0.05, 0) is 32.4 Å². The van der Waals surface area contributed by atoms with Crippen molar-refractivity contribution >= 4 is 34.8 Å². The number of aryl methyl sites for hydroxylation is 1. The molecular formula is C11H16Cl2N4. The fourth-order valence-electron chi connectivity index (χ4n) is 1.25. The molecule has 0 aliphatic rings. The van der Waals surface area contributed by atoms with Gasteiger partial charge in [0.15, 0.2) is 0 Å². The summed E-state index contributed by atoms with van der Waals surface area (Å²) in [5.74, 6) is 5.80. The highest BCUT2D eigenvalue weighted by Crippen LogP contribution is 2.32. The number of nitrogens with two attached hydrogens (primary N) is 1. The van der Waals surface area contributed by atoms with E-state index < -0.39 is 0 Å². The first-order valence-corrected chi connectivity index (χ1v) is 5.97. The molecule has 0 spiro atoms. The first kappa shape index (κ1) is 14.1. The number of hydrogen-bond donors (Lipinski definition) is 3. The lowest BCUT2D eigenvalue weighted by molar-refractivity contribution is 0.819. The molecule has 0 atom stereocenters. The minimum absolute atomic E-state index is 0.107. The highest BCUT2D eigenvalue weighted by Gasteiger charge is 2.10. The maximum atomic E-state index is 6.17. The maximum Gasteiger partial charge on any atom is 0.210 e. The summed E-state index contributed by atoms with van der Waals surface area (Å²) >= 11 is 12.2. The van der Waals surface area contributed by atoms with Gasteiger partial charge in [-0.2, -0.15) is 0 Å². The van der Waals surface area contributed by atoms with E-state index in [2.05, 4.69) is 15.7 Å². The van der Waals surface area contributed by atoms with Crippen LogP contribution in [0.25, 0.3) is 0 Å². The fourth-order valence-corrected chi connectivity index (χ4v) is 1.72. The summed E-state index contributed by atoms with van der Waals surface area (Å²) in [6.07, 6.45) is 0. The van der Waals surface area contributed by atoms with Crippen molar-refractivity contribution < 1.29 is 0 Å². The van der Waals surface area contributed by atoms with E-state index in [-0.39, 0.29) is 6.04 Å². The number of benzene rings is 1. The molecule has 0 unspecified atom stereocenters. The molecule has 0 aliphatic carbocycles. The predicted octanol–water partition coefficient (Wildman–Crippen LogP) is 2.94. The van der Waals surface area contributed by atoms with Crippen LogP contribution in [0.3, 0.4) is 0 Å². The summed E-state index contributed by atoms with van der Waals surface area (Å²) in [5.41, 5.74) is 4.01. The molecular weight excluding hydrogens is 259 g/mol. The van der Waals surface area contributed by atoms with Crippen LogP contribution < -0.4 is 16.6 Å². The van der Waals surface area contributed by atoms with E-state index >= 15 is 0 Å². The van der Waals surface area contributed by atoms with Gasteiger partial charge < -0.3 is 5.32 Å². The van der Waals surface area contributed by atoms with Crippen molar-refractivity contribution in [1.29, 1.82) is 0 Å². The Hall–Kier alpha value is -0.970. The average molecular weight is 275 g/mol. The van der Waals surface area contributed by atoms with Crippen molar-refractivity contribution in [2.45, 2.75) is 26.8 Å². The predicted molar refractivity (Wildman–Crippen MR) is 74.7 cm³/mol. The maximum absolute atomic E-state index is 6.17. The Morgan fingerprint density at radius 2 is 2.00 bits per heavy atom. The standard InChI is InChI=1S/C11H16Cl2N4/c1-6(2)15-11(17-14)16-10-8(12)5-4-7(3)9(10)13/h4-6H,14H2,1-3H3,(H2,15,16,17). The number of rotatable bonds is 2. The normalized spacial score (nSPS) is 11.8. The van der Waals surface area contributed by atoms with Crippen LogP contribution >= 0.6 is 23.2 Å². The topological polar surface area (TPSA) is 62.4 Å². The zero-order chi connectivity index (χ0) is 13.0. The largest absolute Gasteiger partial charge is 0.323 e. The second kappa shape index (κ2) is 6.10. The molecule has 0 radical (unpaired) electrons. The highest BCUT2D eigenvalue weighted by atomic mass is 35.5. The average Bonchev–Trinajstić information content (AvgIpc) is 2.27. The van der Waals surface area contributed by atoms with E-state index in [1.165, 1.54) is 0 Å². The molecule has 0 fully saturated rings. The molecule has 4 nitrogen and oxygen atoms in total. The van der Waals surface area contributed by atoms with Crippen LogP contribution in [0.1, 0.15) is 19.4 Å². The lowest BCUT2D eigenvalue weighted by Gasteiger charge is -2.14. The van der Waals surface area contributed by atoms with E-state index in [0.29, 0.717) is 21.7 Å². The first-order valence-electron chi connectivity index (χ1n) is 5.21. The molecule has 0 heterocycles. The van der Waals surface area contributed by atoms with Crippen molar-refractivity contribution in [2.75, 3.05) is 5.32 Å². The third-order valence-electron chi connectivity index (χ3n) is 2.05. The van der Waals surface area contributed by atoms with Crippen molar-refractivity contribution in [3.8, 4) is 0 Å². The Morgan fingerprint density at radius 1 is 1.35 bits per heavy atom. The van der Waals surface area contributed by atoms with Crippen molar-refractivity contribution in [1.82, 2.24) is 5.43 Å². The van der Waals surface area contributed by atoms with Crippen LogP contribution in [0, 0.1) is 6.92 Å². The number of guanidine groups is 1. The van der Waals surface area contributed by atoms with Gasteiger partial charge >= 0.3 is 0 Å². The van der Waals surface area contributed by atoms with E-state index in [1.54, 1.807) is 6.07 Å². The molecule has 17 heavy (non-hydrogen) atoms. The smallest absolute Gasteiger partial charge is 0.210 e. The van der Waals surface area contributed by atoms with Gasteiger partial charge in [0.1, 0.15) is 0 Å². The lowest BCUT2D eigenvalue weighted by atomic mass is 10.2. The van der Waals surface area contributed by atoms with Crippen molar-refractivity contribution in [3.05, 3.63) is 27.7 Å². The van der Waals surface area contributed by atoms with E-state index in [0.717, 1.165) is 5.56 Å². The second-order valence-corrected chi connectivity index (χ2v) is 4.68. The third kappa shape index (κ3) is 3.77. The van der Waals surface area contributed by atoms with Gasteiger partial charge in [-0.1, -0.05) is 29.3 Å². The molecule has 0 saturated heterocycles. The highest BCUT2D eigenvalue weighted by molar-refractivity contribution is 6.40. The number of aliphatic imine (C=N–C) groups is 1. The van der Waals surface area contributed by atoms with Crippen LogP contribution in [-0.4, -0.2) is 12.0 Å². The van der Waals surface area contributed by atoms with Gasteiger partial charge in [-0.25, -0.2) is 10.8 Å². The van der Waals surface area contributed by atoms with Crippen LogP contribution in [0.5, 0.6) is 0 Å². The molecule has 1 aromatic rings. The number of halogens is 2. The molecule has 94 valence electrons. The summed E-state index contributed by atoms with van der Waals surface area (Å²) in [5, 5.41) is 4.07. The molecule has 6 heteroatoms. The molecule has 0 aromatic heterocycles. The number of nitrogens with one attached hydrogen (secondary N) is 2. The van der Waals surface area contributed by atoms with Crippen molar-refractivity contribution in [2.24, 2.45) is 10.8 Å². The van der Waals surface area contributed by atoms with Crippen LogP contribution in [0.15, 0.2) is 17.1 Å². The molecule has 0 aliphatic heterocycles. The van der Waals surface area contributed by atoms with Gasteiger partial charge in [-0.15, -0.1) is 0 Å². The summed E-state index contributed by atoms with van der Waals surface area (Å²) in [7, 11) is 0. The van der Waals surface area contributed by atoms with Crippen molar-refractivity contribution in [3.63, 3.8) is 0 Å². The summed E-state index contributed by atoms with van der Waals surface area (Å²) in [6.45, 7) is 5.79. The Kier molecular flexibility index (Phi) is 5.05. The molecule has 0 saturated carbocycles. The van der Waals surface area contributed by atoms with Gasteiger partial charge in [0, 0.05) is 6.04 Å². The molecule has 4 N–H and O–H groups in total. The molecule has 1 rings (SSSR count). The molecule has 1 aromatic carbocycles. The van der Waals surface area contributed by atoms with Gasteiger partial charge in [0.05, 0.1) is 15.7 Å². The Bertz CT molecular complexity index is 430. The zero-order valence-electron chi connectivity index (χ0n) is 10.0. The summed E-state index contributed by atoms with van der Waals surface area (Å²) in [4.78, 5) is 4.25. The quantitative estimate of drug-likeness (QED) is 0.336. The zero-order valence-corrected chi connectivity index (χ0v) is 11.5. The van der Waals surface area contributed by atoms with Crippen LogP contribution in [-0.2, 0) is 0 Å². The molecule has 0 amide bonds. The van der Waals surface area contributed by atoms with Gasteiger partial charge in [-0.3, -0.25) is 5.43 Å². The van der Waals surface area contributed by atoms with Gasteiger partial charge in [0.2, 0.25) is 5.96 Å². The number of hydrazine groups is 1. The Labute approximate surface area is 111 Å². The Morgan fingerprint density at radius 3 is 2.53 bits per heavy atom. The van der Waals surface area contributed by atoms with Crippen LogP contribution in [0.4, 0.5) is 5.69 Å². The lowest BCUT2D eigenvalue weighted by Crippen LogP contribution is -2.37. The minimum atomic E-state index is 0.107. The molecule has 0 bridgehead atoms. The summed E-state index contributed by atoms with van der Waals surface area (Å²) < 4.78 is 0. The van der Waals surface area contributed by atoms with E-state index in [1.807, 2.05) is 26.8 Å². The fraction of sp³-hybridized carbons (Fsp3) is 0.364. The second-order valence-electron chi connectivity index (χ2n) is 3.89. The monoisotopic (exact) mass is 274 g/mol. The summed E-state index contributed by atoms with van der Waals surface area (Å²) in [6, 6.07) is 3.73. The minimum Gasteiger partial charge on any atom is -0.323 e. The Balaban J connectivity index is 3.06. The first-order chi connectivity index (χ1) is 7.95.